The minimum atomic E-state index is -3.91. The van der Waals surface area contributed by atoms with E-state index < -0.39 is 18.5 Å². The fraction of sp³-hybridized carbons (Fsp3) is 0.346. The number of fused-ring (bicyclic) bond motifs is 1. The molecule has 4 N–H and O–H groups in total. The Morgan fingerprint density at radius 2 is 1.85 bits per heavy atom. The van der Waals surface area contributed by atoms with Crippen LogP contribution in [0.1, 0.15) is 24.8 Å². The number of rotatable bonds is 8. The van der Waals surface area contributed by atoms with E-state index in [0.29, 0.717) is 32.5 Å². The fourth-order valence-corrected chi connectivity index (χ4v) is 7.09. The second-order valence-corrected chi connectivity index (χ2v) is 11.8. The van der Waals surface area contributed by atoms with Crippen LogP contribution in [0.4, 0.5) is 4.39 Å². The first kappa shape index (κ1) is 24.6. The number of benzene rings is 3. The predicted octanol–water partition coefficient (Wildman–Crippen LogP) is 4.68. The average Bonchev–Trinajstić information content (AvgIpc) is 2.81. The van der Waals surface area contributed by atoms with E-state index >= 15 is 0 Å². The number of aliphatic carboxylic acids is 1. The number of carboxylic acids is 1. The molecule has 1 fully saturated rings. The highest BCUT2D eigenvalue weighted by molar-refractivity contribution is 7.61. The van der Waals surface area contributed by atoms with Crippen molar-refractivity contribution in [2.24, 2.45) is 5.73 Å². The van der Waals surface area contributed by atoms with Gasteiger partial charge in [0.05, 0.1) is 0 Å². The van der Waals surface area contributed by atoms with Crippen molar-refractivity contribution < 1.29 is 23.7 Å². The second kappa shape index (κ2) is 9.96. The summed E-state index contributed by atoms with van der Waals surface area (Å²) in [5.41, 5.74) is 7.99. The molecule has 1 aliphatic rings. The molecule has 8 heteroatoms. The van der Waals surface area contributed by atoms with Gasteiger partial charge in [0.1, 0.15) is 5.82 Å². The van der Waals surface area contributed by atoms with Gasteiger partial charge in [0.15, 0.2) is 5.16 Å². The van der Waals surface area contributed by atoms with Crippen molar-refractivity contribution in [3.63, 3.8) is 0 Å². The number of carboxylic acid groups (broad SMARTS) is 1. The van der Waals surface area contributed by atoms with Crippen molar-refractivity contribution in [1.29, 1.82) is 0 Å². The van der Waals surface area contributed by atoms with E-state index in [2.05, 4.69) is 0 Å². The Labute approximate surface area is 198 Å². The minimum Gasteiger partial charge on any atom is -0.480 e. The highest BCUT2D eigenvalue weighted by Gasteiger charge is 2.56. The lowest BCUT2D eigenvalue weighted by atomic mass is 9.95. The highest BCUT2D eigenvalue weighted by atomic mass is 31.2. The van der Waals surface area contributed by atoms with Crippen molar-refractivity contribution in [3.8, 4) is 11.1 Å². The van der Waals surface area contributed by atoms with E-state index in [1.54, 1.807) is 6.07 Å². The van der Waals surface area contributed by atoms with Crippen LogP contribution >= 0.6 is 7.37 Å². The minimum absolute atomic E-state index is 0.0325. The van der Waals surface area contributed by atoms with Crippen molar-refractivity contribution in [2.45, 2.75) is 31.0 Å². The third-order valence-electron chi connectivity index (χ3n) is 6.84. The van der Waals surface area contributed by atoms with Crippen LogP contribution in [0.2, 0.25) is 0 Å². The third-order valence-corrected chi connectivity index (χ3v) is 9.54. The van der Waals surface area contributed by atoms with E-state index in [0.717, 1.165) is 27.5 Å². The first-order valence-electron chi connectivity index (χ1n) is 11.5. The summed E-state index contributed by atoms with van der Waals surface area (Å²) < 4.78 is 27.3. The lowest BCUT2D eigenvalue weighted by molar-refractivity contribution is -0.141. The molecule has 34 heavy (non-hydrogen) atoms. The average molecular weight is 485 g/mol. The standard InChI is InChI=1S/C26H30FN2O4P/c27-23-10-9-22(24(16-23)21-8-7-19-5-1-2-6-20(19)15-21)17-29-13-14-34(32,33)26(18-29,25(30)31)11-3-4-12-28/h1-2,5-10,15-16H,3-4,11-14,17-18,28H2,(H,30,31)(H,32,33)/t26-/m0/s1. The molecule has 3 aromatic carbocycles. The van der Waals surface area contributed by atoms with E-state index in [-0.39, 0.29) is 24.9 Å². The number of hydrogen-bond acceptors (Lipinski definition) is 4. The number of nitrogens with zero attached hydrogens (tertiary/aromatic N) is 1. The summed E-state index contributed by atoms with van der Waals surface area (Å²) in [6.07, 6.45) is 1.08. The van der Waals surface area contributed by atoms with Gasteiger partial charge in [-0.25, -0.2) is 4.39 Å². The molecule has 0 radical (unpaired) electrons. The molecule has 0 amide bonds. The van der Waals surface area contributed by atoms with E-state index in [1.807, 2.05) is 47.4 Å². The molecule has 2 atom stereocenters. The summed E-state index contributed by atoms with van der Waals surface area (Å²) in [7, 11) is -3.91. The van der Waals surface area contributed by atoms with Crippen LogP contribution in [-0.4, -0.2) is 51.8 Å². The molecule has 0 spiro atoms. The quantitative estimate of drug-likeness (QED) is 0.317. The van der Waals surface area contributed by atoms with E-state index in [1.165, 1.54) is 12.1 Å². The Kier molecular flexibility index (Phi) is 7.20. The van der Waals surface area contributed by atoms with Gasteiger partial charge in [-0.2, -0.15) is 0 Å². The molecule has 0 aromatic heterocycles. The van der Waals surface area contributed by atoms with Gasteiger partial charge in [-0.1, -0.05) is 48.9 Å². The predicted molar refractivity (Wildman–Crippen MR) is 133 cm³/mol. The van der Waals surface area contributed by atoms with Gasteiger partial charge in [0, 0.05) is 25.8 Å². The molecule has 180 valence electrons. The maximum absolute atomic E-state index is 14.3. The third kappa shape index (κ3) is 4.80. The van der Waals surface area contributed by atoms with Crippen molar-refractivity contribution in [1.82, 2.24) is 4.90 Å². The topological polar surface area (TPSA) is 104 Å². The molecular weight excluding hydrogens is 454 g/mol. The molecule has 1 unspecified atom stereocenters. The van der Waals surface area contributed by atoms with Crippen LogP contribution in [0.5, 0.6) is 0 Å². The second-order valence-electron chi connectivity index (χ2n) is 9.08. The Hall–Kier alpha value is -2.57. The molecule has 0 bridgehead atoms. The molecule has 1 heterocycles. The van der Waals surface area contributed by atoms with Gasteiger partial charge in [-0.05, 0) is 65.0 Å². The number of unbranched alkanes of at least 4 members (excludes halogenated alkanes) is 1. The smallest absolute Gasteiger partial charge is 0.320 e. The summed E-state index contributed by atoms with van der Waals surface area (Å²) >= 11 is 0. The van der Waals surface area contributed by atoms with Crippen molar-refractivity contribution in [3.05, 3.63) is 72.0 Å². The summed E-state index contributed by atoms with van der Waals surface area (Å²) in [6, 6.07) is 18.5. The van der Waals surface area contributed by atoms with Crippen LogP contribution in [0.25, 0.3) is 21.9 Å². The maximum atomic E-state index is 14.3. The lowest BCUT2D eigenvalue weighted by Gasteiger charge is -2.43. The molecule has 1 aliphatic heterocycles. The molecule has 0 aliphatic carbocycles. The zero-order valence-corrected chi connectivity index (χ0v) is 19.9. The Morgan fingerprint density at radius 1 is 1.09 bits per heavy atom. The van der Waals surface area contributed by atoms with E-state index in [9.17, 15) is 23.7 Å². The SMILES string of the molecule is NCCCC[C@@]1(C(=O)O)CN(Cc2ccc(F)cc2-c2ccc3ccccc3c2)CCP1(=O)O. The highest BCUT2D eigenvalue weighted by Crippen LogP contribution is 2.59. The summed E-state index contributed by atoms with van der Waals surface area (Å²) in [5, 5.41) is 10.4. The maximum Gasteiger partial charge on any atom is 0.320 e. The van der Waals surface area contributed by atoms with Gasteiger partial charge in [0.2, 0.25) is 7.37 Å². The number of carbonyl (C=O) groups is 1. The van der Waals surface area contributed by atoms with E-state index in [4.69, 9.17) is 5.73 Å². The largest absolute Gasteiger partial charge is 0.480 e. The number of nitrogens with two attached hydrogens (primary N) is 1. The van der Waals surface area contributed by atoms with Crippen molar-refractivity contribution >= 4 is 24.1 Å². The van der Waals surface area contributed by atoms with Crippen LogP contribution in [0, 0.1) is 5.82 Å². The monoisotopic (exact) mass is 484 g/mol. The molecule has 0 saturated carbocycles. The van der Waals surface area contributed by atoms with Crippen molar-refractivity contribution in [2.75, 3.05) is 25.8 Å². The Morgan fingerprint density at radius 3 is 2.59 bits per heavy atom. The Balaban J connectivity index is 1.66. The zero-order chi connectivity index (χ0) is 24.3. The molecule has 1 saturated heterocycles. The molecule has 3 aromatic rings. The van der Waals surface area contributed by atoms with Crippen LogP contribution < -0.4 is 5.73 Å². The van der Waals surface area contributed by atoms with Crippen LogP contribution in [-0.2, 0) is 15.9 Å². The normalized spacial score (nSPS) is 23.3. The van der Waals surface area contributed by atoms with Gasteiger partial charge in [0.25, 0.3) is 0 Å². The lowest BCUT2D eigenvalue weighted by Crippen LogP contribution is -2.53. The van der Waals surface area contributed by atoms with Crippen LogP contribution in [0.15, 0.2) is 60.7 Å². The molecule has 6 nitrogen and oxygen atoms in total. The van der Waals surface area contributed by atoms with Gasteiger partial charge < -0.3 is 15.7 Å². The summed E-state index contributed by atoms with van der Waals surface area (Å²) in [6.45, 7) is 1.03. The first-order valence-corrected chi connectivity index (χ1v) is 13.4. The fourth-order valence-electron chi connectivity index (χ4n) is 4.88. The zero-order valence-electron chi connectivity index (χ0n) is 19.0. The summed E-state index contributed by atoms with van der Waals surface area (Å²) in [5.74, 6) is -1.60. The van der Waals surface area contributed by atoms with Gasteiger partial charge in [-0.15, -0.1) is 0 Å². The number of halogens is 1. The Bertz CT molecular complexity index is 1250. The molecular formula is C26H30FN2O4P. The van der Waals surface area contributed by atoms with Gasteiger partial charge >= 0.3 is 5.97 Å². The van der Waals surface area contributed by atoms with Crippen LogP contribution in [0.3, 0.4) is 0 Å². The first-order chi connectivity index (χ1) is 16.3. The molecule has 4 rings (SSSR count). The summed E-state index contributed by atoms with van der Waals surface area (Å²) in [4.78, 5) is 24.9. The van der Waals surface area contributed by atoms with Gasteiger partial charge in [-0.3, -0.25) is 14.3 Å². The number of hydrogen-bond donors (Lipinski definition) is 3.